The summed E-state index contributed by atoms with van der Waals surface area (Å²) in [6.45, 7) is 1.98. The molecule has 4 nitrogen and oxygen atoms in total. The average molecular weight is 289 g/mol. The lowest BCUT2D eigenvalue weighted by atomic mass is 10.2. The molecule has 0 saturated heterocycles. The minimum absolute atomic E-state index is 0.308. The second-order valence-corrected chi connectivity index (χ2v) is 5.04. The summed E-state index contributed by atoms with van der Waals surface area (Å²) in [5, 5.41) is 6.22. The molecule has 2 rings (SSSR count). The Labute approximate surface area is 121 Å². The largest absolute Gasteiger partial charge is 0.449 e. The molecule has 1 N–H and O–H groups in total. The van der Waals surface area contributed by atoms with E-state index in [0.717, 1.165) is 5.56 Å². The average Bonchev–Trinajstić information content (AvgIpc) is 3.00. The number of hydrogen-bond acceptors (Lipinski definition) is 4. The fraction of sp³-hybridized carbons (Fsp3) is 0.200. The molecule has 0 aliphatic rings. The third-order valence-corrected chi connectivity index (χ3v) is 3.40. The van der Waals surface area contributed by atoms with Crippen LogP contribution in [0.3, 0.4) is 0 Å². The molecule has 20 heavy (non-hydrogen) atoms. The maximum atomic E-state index is 11.8. The smallest absolute Gasteiger partial charge is 0.339 e. The summed E-state index contributed by atoms with van der Waals surface area (Å²) in [5.74, 6) is -0.786. The van der Waals surface area contributed by atoms with Gasteiger partial charge in [-0.05, 0) is 23.9 Å². The molecule has 1 aromatic carbocycles. The van der Waals surface area contributed by atoms with Gasteiger partial charge in [0.15, 0.2) is 6.10 Å². The van der Waals surface area contributed by atoms with Crippen LogP contribution in [0.15, 0.2) is 47.2 Å². The van der Waals surface area contributed by atoms with E-state index in [1.807, 2.05) is 30.3 Å². The molecule has 1 aromatic heterocycles. The minimum atomic E-state index is -0.814. The van der Waals surface area contributed by atoms with E-state index in [0.29, 0.717) is 12.1 Å². The lowest BCUT2D eigenvalue weighted by molar-refractivity contribution is -0.129. The molecule has 0 aliphatic heterocycles. The van der Waals surface area contributed by atoms with Gasteiger partial charge in [-0.1, -0.05) is 30.3 Å². The van der Waals surface area contributed by atoms with Crippen LogP contribution in [0.5, 0.6) is 0 Å². The van der Waals surface area contributed by atoms with E-state index in [1.165, 1.54) is 11.3 Å². The molecule has 5 heteroatoms. The van der Waals surface area contributed by atoms with Gasteiger partial charge in [0.05, 0.1) is 5.56 Å². The monoisotopic (exact) mass is 289 g/mol. The van der Waals surface area contributed by atoms with Crippen LogP contribution in [0.4, 0.5) is 0 Å². The van der Waals surface area contributed by atoms with Crippen molar-refractivity contribution in [3.05, 3.63) is 58.3 Å². The first-order chi connectivity index (χ1) is 9.66. The van der Waals surface area contributed by atoms with Gasteiger partial charge in [-0.25, -0.2) is 4.79 Å². The highest BCUT2D eigenvalue weighted by Crippen LogP contribution is 2.09. The van der Waals surface area contributed by atoms with Gasteiger partial charge in [0.25, 0.3) is 5.91 Å². The van der Waals surface area contributed by atoms with Crippen molar-refractivity contribution in [1.29, 1.82) is 0 Å². The quantitative estimate of drug-likeness (QED) is 0.861. The van der Waals surface area contributed by atoms with Gasteiger partial charge >= 0.3 is 5.97 Å². The number of rotatable bonds is 5. The van der Waals surface area contributed by atoms with E-state index >= 15 is 0 Å². The second-order valence-electron chi connectivity index (χ2n) is 4.26. The first-order valence-corrected chi connectivity index (χ1v) is 7.16. The first-order valence-electron chi connectivity index (χ1n) is 6.21. The van der Waals surface area contributed by atoms with Gasteiger partial charge in [0.1, 0.15) is 0 Å². The van der Waals surface area contributed by atoms with Crippen molar-refractivity contribution >= 4 is 23.2 Å². The Morgan fingerprint density at radius 2 is 2.00 bits per heavy atom. The zero-order valence-corrected chi connectivity index (χ0v) is 11.9. The van der Waals surface area contributed by atoms with Crippen LogP contribution in [0.25, 0.3) is 0 Å². The van der Waals surface area contributed by atoms with Crippen LogP contribution in [0.1, 0.15) is 22.8 Å². The van der Waals surface area contributed by atoms with Crippen LogP contribution in [-0.4, -0.2) is 18.0 Å². The van der Waals surface area contributed by atoms with Crippen molar-refractivity contribution in [1.82, 2.24) is 5.32 Å². The fourth-order valence-corrected chi connectivity index (χ4v) is 2.22. The molecular weight excluding hydrogens is 274 g/mol. The highest BCUT2D eigenvalue weighted by atomic mass is 32.1. The number of hydrogen-bond donors (Lipinski definition) is 1. The molecule has 1 heterocycles. The zero-order valence-electron chi connectivity index (χ0n) is 11.0. The highest BCUT2D eigenvalue weighted by molar-refractivity contribution is 7.08. The number of benzene rings is 1. The Balaban J connectivity index is 1.82. The van der Waals surface area contributed by atoms with E-state index in [1.54, 1.807) is 23.8 Å². The molecule has 0 spiro atoms. The van der Waals surface area contributed by atoms with E-state index in [4.69, 9.17) is 4.74 Å². The summed E-state index contributed by atoms with van der Waals surface area (Å²) in [7, 11) is 0. The predicted molar refractivity (Wildman–Crippen MR) is 77.5 cm³/mol. The second kappa shape index (κ2) is 6.86. The number of ether oxygens (including phenoxy) is 1. The summed E-state index contributed by atoms with van der Waals surface area (Å²) in [5.41, 5.74) is 1.47. The van der Waals surface area contributed by atoms with Gasteiger partial charge in [0.2, 0.25) is 0 Å². The maximum absolute atomic E-state index is 11.8. The summed E-state index contributed by atoms with van der Waals surface area (Å²) >= 11 is 1.41. The van der Waals surface area contributed by atoms with Gasteiger partial charge in [0, 0.05) is 11.9 Å². The van der Waals surface area contributed by atoms with Gasteiger partial charge in [-0.15, -0.1) is 0 Å². The Morgan fingerprint density at radius 3 is 2.65 bits per heavy atom. The van der Waals surface area contributed by atoms with Crippen molar-refractivity contribution in [3.63, 3.8) is 0 Å². The third kappa shape index (κ3) is 3.93. The van der Waals surface area contributed by atoms with Crippen molar-refractivity contribution < 1.29 is 14.3 Å². The third-order valence-electron chi connectivity index (χ3n) is 2.72. The maximum Gasteiger partial charge on any atom is 0.339 e. The molecule has 1 unspecified atom stereocenters. The molecule has 0 fully saturated rings. The van der Waals surface area contributed by atoms with Gasteiger partial charge in [-0.3, -0.25) is 4.79 Å². The van der Waals surface area contributed by atoms with Crippen LogP contribution < -0.4 is 5.32 Å². The van der Waals surface area contributed by atoms with E-state index in [9.17, 15) is 9.59 Å². The van der Waals surface area contributed by atoms with Gasteiger partial charge < -0.3 is 10.1 Å². The standard InChI is InChI=1S/C15H15NO3S/c1-11(19-15(18)13-7-8-20-10-13)14(17)16-9-12-5-3-2-4-6-12/h2-8,10-11H,9H2,1H3,(H,16,17). The number of nitrogens with one attached hydrogen (secondary N) is 1. The Bertz CT molecular complexity index is 566. The summed E-state index contributed by atoms with van der Waals surface area (Å²) in [6, 6.07) is 11.2. The van der Waals surface area contributed by atoms with Gasteiger partial charge in [-0.2, -0.15) is 11.3 Å². The number of esters is 1. The van der Waals surface area contributed by atoms with E-state index in [-0.39, 0.29) is 5.91 Å². The summed E-state index contributed by atoms with van der Waals surface area (Å²) < 4.78 is 5.10. The van der Waals surface area contributed by atoms with Crippen molar-refractivity contribution in [2.75, 3.05) is 0 Å². The molecule has 104 valence electrons. The molecule has 2 aromatic rings. The number of carbonyl (C=O) groups excluding carboxylic acids is 2. The summed E-state index contributed by atoms with van der Waals surface area (Å²) in [6.07, 6.45) is -0.814. The normalized spacial score (nSPS) is 11.7. The molecule has 0 bridgehead atoms. The minimum Gasteiger partial charge on any atom is -0.449 e. The molecule has 0 radical (unpaired) electrons. The van der Waals surface area contributed by atoms with Crippen molar-refractivity contribution in [3.8, 4) is 0 Å². The summed E-state index contributed by atoms with van der Waals surface area (Å²) in [4.78, 5) is 23.5. The number of thiophene rings is 1. The van der Waals surface area contributed by atoms with E-state index < -0.39 is 12.1 Å². The lowest BCUT2D eigenvalue weighted by Crippen LogP contribution is -2.35. The Morgan fingerprint density at radius 1 is 1.25 bits per heavy atom. The zero-order chi connectivity index (χ0) is 14.4. The molecule has 0 aliphatic carbocycles. The van der Waals surface area contributed by atoms with Crippen LogP contribution in [0, 0.1) is 0 Å². The van der Waals surface area contributed by atoms with Crippen LogP contribution in [-0.2, 0) is 16.1 Å². The molecule has 1 amide bonds. The first kappa shape index (κ1) is 14.3. The Hall–Kier alpha value is -2.14. The lowest BCUT2D eigenvalue weighted by Gasteiger charge is -2.13. The van der Waals surface area contributed by atoms with E-state index in [2.05, 4.69) is 5.32 Å². The molecule has 0 saturated carbocycles. The number of amides is 1. The molecular formula is C15H15NO3S. The topological polar surface area (TPSA) is 55.4 Å². The fourth-order valence-electron chi connectivity index (χ4n) is 1.59. The van der Waals surface area contributed by atoms with Crippen molar-refractivity contribution in [2.24, 2.45) is 0 Å². The van der Waals surface area contributed by atoms with Crippen LogP contribution in [0.2, 0.25) is 0 Å². The van der Waals surface area contributed by atoms with Crippen molar-refractivity contribution in [2.45, 2.75) is 19.6 Å². The SMILES string of the molecule is CC(OC(=O)c1ccsc1)C(=O)NCc1ccccc1. The highest BCUT2D eigenvalue weighted by Gasteiger charge is 2.18. The molecule has 1 atom stereocenters. The predicted octanol–water partition coefficient (Wildman–Crippen LogP) is 2.61. The Kier molecular flexibility index (Phi) is 4.90. The number of carbonyl (C=O) groups is 2. The van der Waals surface area contributed by atoms with Crippen LogP contribution >= 0.6 is 11.3 Å².